The molecule has 0 atom stereocenters. The Morgan fingerprint density at radius 1 is 0.875 bits per heavy atom. The Kier molecular flexibility index (Phi) is 4.88. The van der Waals surface area contributed by atoms with Crippen LogP contribution in [0.3, 0.4) is 0 Å². The van der Waals surface area contributed by atoms with Crippen LogP contribution in [-0.4, -0.2) is 4.57 Å². The molecule has 2 aromatic carbocycles. The number of hydrogen-bond acceptors (Lipinski definition) is 0. The molecule has 4 aromatic rings. The fraction of sp³-hybridized carbons (Fsp3) is 0.0500. The Balaban J connectivity index is 0.00000169. The molecule has 120 valence electrons. The van der Waals surface area contributed by atoms with Crippen LogP contribution in [0, 0.1) is 6.92 Å². The van der Waals surface area contributed by atoms with Crippen LogP contribution in [-0.2, 0) is 0 Å². The van der Waals surface area contributed by atoms with Crippen molar-refractivity contribution in [2.24, 2.45) is 0 Å². The van der Waals surface area contributed by atoms with Gasteiger partial charge in [0, 0.05) is 16.1 Å². The minimum absolute atomic E-state index is 0. The Morgan fingerprint density at radius 2 is 1.58 bits per heavy atom. The number of aryl methyl sites for hydroxylation is 1. The lowest BCUT2D eigenvalue weighted by Crippen LogP contribution is -3.00. The molecule has 0 N–H and O–H groups in total. The molecule has 2 aromatic heterocycles. The van der Waals surface area contributed by atoms with E-state index < -0.39 is 0 Å². The first-order chi connectivity index (χ1) is 11.2. The van der Waals surface area contributed by atoms with Gasteiger partial charge in [-0.15, -0.1) is 0 Å². The van der Waals surface area contributed by atoms with Crippen LogP contribution in [0.25, 0.3) is 22.6 Å². The van der Waals surface area contributed by atoms with Gasteiger partial charge in [-0.25, -0.2) is 4.40 Å². The zero-order valence-corrected chi connectivity index (χ0v) is 16.3. The van der Waals surface area contributed by atoms with Gasteiger partial charge < -0.3 is 17.0 Å². The molecule has 4 heteroatoms. The van der Waals surface area contributed by atoms with Gasteiger partial charge in [-0.1, -0.05) is 51.8 Å². The number of pyridine rings is 1. The van der Waals surface area contributed by atoms with Crippen molar-refractivity contribution in [3.63, 3.8) is 0 Å². The van der Waals surface area contributed by atoms with Crippen LogP contribution in [0.1, 0.15) is 5.56 Å². The molecule has 2 heterocycles. The minimum atomic E-state index is 0. The van der Waals surface area contributed by atoms with Crippen LogP contribution in [0.5, 0.6) is 0 Å². The van der Waals surface area contributed by atoms with Gasteiger partial charge in [0.1, 0.15) is 11.9 Å². The van der Waals surface area contributed by atoms with Crippen LogP contribution in [0.4, 0.5) is 0 Å². The first-order valence-electron chi connectivity index (χ1n) is 7.57. The van der Waals surface area contributed by atoms with Gasteiger partial charge in [-0.05, 0) is 37.3 Å². The van der Waals surface area contributed by atoms with Crippen molar-refractivity contribution in [3.8, 4) is 16.9 Å². The number of nitrogens with zero attached hydrogens (tertiary/aromatic N) is 2. The first kappa shape index (κ1) is 16.9. The quantitative estimate of drug-likeness (QED) is 0.419. The SMILES string of the molecule is Cc1ccc(-c2c[n+]3ccccc3n2-c2ccc(Br)cc2)cc1.[Br-]. The molecule has 2 nitrogen and oxygen atoms in total. The van der Waals surface area contributed by atoms with Crippen molar-refractivity contribution in [1.29, 1.82) is 0 Å². The summed E-state index contributed by atoms with van der Waals surface area (Å²) in [5, 5.41) is 0. The highest BCUT2D eigenvalue weighted by molar-refractivity contribution is 9.10. The van der Waals surface area contributed by atoms with Gasteiger partial charge in [-0.3, -0.25) is 0 Å². The van der Waals surface area contributed by atoms with E-state index in [-0.39, 0.29) is 17.0 Å². The van der Waals surface area contributed by atoms with E-state index in [1.807, 2.05) is 0 Å². The zero-order chi connectivity index (χ0) is 15.8. The third-order valence-electron chi connectivity index (χ3n) is 4.03. The first-order valence-corrected chi connectivity index (χ1v) is 8.36. The van der Waals surface area contributed by atoms with Gasteiger partial charge in [0.15, 0.2) is 5.69 Å². The third-order valence-corrected chi connectivity index (χ3v) is 4.56. The molecule has 0 aliphatic rings. The molecule has 0 amide bonds. The fourth-order valence-corrected chi connectivity index (χ4v) is 3.11. The number of imidazole rings is 1. The summed E-state index contributed by atoms with van der Waals surface area (Å²) < 4.78 is 5.54. The fourth-order valence-electron chi connectivity index (χ4n) is 2.85. The van der Waals surface area contributed by atoms with Gasteiger partial charge in [-0.2, -0.15) is 4.57 Å². The lowest BCUT2D eigenvalue weighted by atomic mass is 10.1. The molecule has 24 heavy (non-hydrogen) atoms. The van der Waals surface area contributed by atoms with E-state index in [1.165, 1.54) is 16.8 Å². The maximum atomic E-state index is 3.52. The van der Waals surface area contributed by atoms with E-state index in [4.69, 9.17) is 0 Å². The van der Waals surface area contributed by atoms with E-state index in [0.717, 1.165) is 15.8 Å². The van der Waals surface area contributed by atoms with Gasteiger partial charge in [0.2, 0.25) is 0 Å². The summed E-state index contributed by atoms with van der Waals surface area (Å²) in [4.78, 5) is 0. The van der Waals surface area contributed by atoms with Crippen LogP contribution in [0.2, 0.25) is 0 Å². The molecule has 0 saturated heterocycles. The van der Waals surface area contributed by atoms with Crippen LogP contribution in [0.15, 0.2) is 83.6 Å². The molecular weight excluding hydrogens is 428 g/mol. The van der Waals surface area contributed by atoms with E-state index >= 15 is 0 Å². The number of fused-ring (bicyclic) bond motifs is 1. The second-order valence-corrected chi connectivity index (χ2v) is 6.57. The number of benzene rings is 2. The van der Waals surface area contributed by atoms with Crippen LogP contribution >= 0.6 is 15.9 Å². The topological polar surface area (TPSA) is 9.03 Å². The largest absolute Gasteiger partial charge is 1.00 e. The molecule has 0 aliphatic carbocycles. The third kappa shape index (κ3) is 3.04. The highest BCUT2D eigenvalue weighted by Gasteiger charge is 2.20. The minimum Gasteiger partial charge on any atom is -1.00 e. The molecule has 0 saturated carbocycles. The predicted octanol–water partition coefficient (Wildman–Crippen LogP) is 1.96. The predicted molar refractivity (Wildman–Crippen MR) is 96.8 cm³/mol. The summed E-state index contributed by atoms with van der Waals surface area (Å²) in [6, 6.07) is 23.4. The highest BCUT2D eigenvalue weighted by atomic mass is 79.9. The average molecular weight is 444 g/mol. The van der Waals surface area contributed by atoms with E-state index in [9.17, 15) is 0 Å². The van der Waals surface area contributed by atoms with Crippen molar-refractivity contribution < 1.29 is 21.4 Å². The number of hydrogen-bond donors (Lipinski definition) is 0. The molecule has 0 bridgehead atoms. The zero-order valence-electron chi connectivity index (χ0n) is 13.2. The summed E-state index contributed by atoms with van der Waals surface area (Å²) >= 11 is 3.52. The molecule has 4 rings (SSSR count). The maximum absolute atomic E-state index is 3.52. The number of aromatic nitrogens is 2. The highest BCUT2D eigenvalue weighted by Crippen LogP contribution is 2.26. The molecule has 0 spiro atoms. The van der Waals surface area contributed by atoms with Crippen LogP contribution < -0.4 is 21.4 Å². The Labute approximate surface area is 160 Å². The Morgan fingerprint density at radius 3 is 2.29 bits per heavy atom. The molecular formula is C20H16Br2N2. The van der Waals surface area contributed by atoms with E-state index in [1.54, 1.807) is 0 Å². The summed E-state index contributed by atoms with van der Waals surface area (Å²) in [6.07, 6.45) is 4.27. The molecule has 0 aliphatic heterocycles. The second kappa shape index (κ2) is 6.91. The van der Waals surface area contributed by atoms with Crippen molar-refractivity contribution in [1.82, 2.24) is 4.57 Å². The summed E-state index contributed by atoms with van der Waals surface area (Å²) in [5.74, 6) is 0. The van der Waals surface area contributed by atoms with Crippen molar-refractivity contribution >= 4 is 21.6 Å². The van der Waals surface area contributed by atoms with E-state index in [0.29, 0.717) is 0 Å². The summed E-state index contributed by atoms with van der Waals surface area (Å²) in [6.45, 7) is 2.11. The van der Waals surface area contributed by atoms with E-state index in [2.05, 4.69) is 111 Å². The molecule has 0 radical (unpaired) electrons. The smallest absolute Gasteiger partial charge is 0.291 e. The van der Waals surface area contributed by atoms with Crippen molar-refractivity contribution in [2.45, 2.75) is 6.92 Å². The van der Waals surface area contributed by atoms with Crippen molar-refractivity contribution in [2.75, 3.05) is 0 Å². The molecule has 0 fully saturated rings. The second-order valence-electron chi connectivity index (χ2n) is 5.66. The van der Waals surface area contributed by atoms with Gasteiger partial charge in [0.25, 0.3) is 5.65 Å². The standard InChI is InChI=1S/C20H16BrN2.BrH/c1-15-5-7-16(8-6-15)19-14-22-13-3-2-4-20(22)23(19)18-11-9-17(21)10-12-18;/h2-14H,1H3;1H/q+1;/p-1. The lowest BCUT2D eigenvalue weighted by Gasteiger charge is -2.03. The average Bonchev–Trinajstić information content (AvgIpc) is 2.96. The van der Waals surface area contributed by atoms with Gasteiger partial charge in [0.05, 0.1) is 6.20 Å². The normalized spacial score (nSPS) is 10.6. The number of halogens is 2. The molecule has 0 unspecified atom stereocenters. The number of rotatable bonds is 2. The summed E-state index contributed by atoms with van der Waals surface area (Å²) in [7, 11) is 0. The van der Waals surface area contributed by atoms with Gasteiger partial charge >= 0.3 is 0 Å². The lowest BCUT2D eigenvalue weighted by molar-refractivity contribution is -0.510. The Hall–Kier alpha value is -1.91. The van der Waals surface area contributed by atoms with Crippen molar-refractivity contribution in [3.05, 3.63) is 89.2 Å². The Bertz CT molecular complexity index is 971. The maximum Gasteiger partial charge on any atom is 0.291 e. The monoisotopic (exact) mass is 442 g/mol. The summed E-state index contributed by atoms with van der Waals surface area (Å²) in [5.41, 5.74) is 5.95.